The molecule has 1 aromatic carbocycles. The average molecular weight is 296 g/mol. The number of pyridine rings is 1. The van der Waals surface area contributed by atoms with Crippen LogP contribution in [-0.4, -0.2) is 14.5 Å². The molecule has 2 heterocycles. The fourth-order valence-corrected chi connectivity index (χ4v) is 2.33. The highest BCUT2D eigenvalue weighted by atomic mass is 35.5. The predicted octanol–water partition coefficient (Wildman–Crippen LogP) is 3.95. The summed E-state index contributed by atoms with van der Waals surface area (Å²) in [4.78, 5) is 8.07. The molecule has 0 bridgehead atoms. The lowest BCUT2D eigenvalue weighted by atomic mass is 10.3. The summed E-state index contributed by atoms with van der Waals surface area (Å²) >= 11 is 11.9. The molecule has 0 aliphatic heterocycles. The van der Waals surface area contributed by atoms with E-state index < -0.39 is 5.95 Å². The lowest BCUT2D eigenvalue weighted by Crippen LogP contribution is -2.00. The molecule has 3 nitrogen and oxygen atoms in total. The number of alkyl halides is 1. The van der Waals surface area contributed by atoms with E-state index in [2.05, 4.69) is 9.97 Å². The van der Waals surface area contributed by atoms with Crippen LogP contribution in [0.15, 0.2) is 36.5 Å². The van der Waals surface area contributed by atoms with E-state index in [1.807, 2.05) is 10.6 Å². The monoisotopic (exact) mass is 295 g/mol. The maximum absolute atomic E-state index is 12.9. The van der Waals surface area contributed by atoms with Gasteiger partial charge in [-0.2, -0.15) is 4.39 Å². The average Bonchev–Trinajstić information content (AvgIpc) is 2.77. The molecule has 19 heavy (non-hydrogen) atoms. The molecule has 0 amide bonds. The number of fused-ring (bicyclic) bond motifs is 1. The van der Waals surface area contributed by atoms with Crippen molar-refractivity contribution in [1.29, 1.82) is 0 Å². The minimum Gasteiger partial charge on any atom is -0.294 e. The van der Waals surface area contributed by atoms with Gasteiger partial charge in [0.05, 0.1) is 28.8 Å². The number of hydrogen-bond acceptors (Lipinski definition) is 2. The fraction of sp³-hybridized carbons (Fsp3) is 0.0769. The number of imidazole rings is 1. The van der Waals surface area contributed by atoms with Gasteiger partial charge in [0.1, 0.15) is 5.82 Å². The van der Waals surface area contributed by atoms with Crippen molar-refractivity contribution in [2.75, 3.05) is 0 Å². The van der Waals surface area contributed by atoms with E-state index in [9.17, 15) is 4.39 Å². The second kappa shape index (κ2) is 4.79. The third-order valence-electron chi connectivity index (χ3n) is 2.78. The predicted molar refractivity (Wildman–Crippen MR) is 73.4 cm³/mol. The van der Waals surface area contributed by atoms with Crippen LogP contribution in [0, 0.1) is 5.95 Å². The zero-order chi connectivity index (χ0) is 13.4. The van der Waals surface area contributed by atoms with Crippen LogP contribution < -0.4 is 0 Å². The topological polar surface area (TPSA) is 30.7 Å². The van der Waals surface area contributed by atoms with Gasteiger partial charge >= 0.3 is 0 Å². The van der Waals surface area contributed by atoms with Crippen LogP contribution in [0.3, 0.4) is 0 Å². The van der Waals surface area contributed by atoms with Crippen LogP contribution in [0.4, 0.5) is 4.39 Å². The molecule has 0 atom stereocenters. The zero-order valence-corrected chi connectivity index (χ0v) is 11.2. The molecular weight excluding hydrogens is 288 g/mol. The Morgan fingerprint density at radius 3 is 2.74 bits per heavy atom. The smallest absolute Gasteiger partial charge is 0.212 e. The highest BCUT2D eigenvalue weighted by Crippen LogP contribution is 2.24. The van der Waals surface area contributed by atoms with Gasteiger partial charge in [-0.15, -0.1) is 11.6 Å². The molecule has 0 saturated heterocycles. The fourth-order valence-electron chi connectivity index (χ4n) is 1.98. The Bertz CT molecular complexity index is 737. The van der Waals surface area contributed by atoms with Crippen molar-refractivity contribution in [2.24, 2.45) is 0 Å². The number of rotatable bonds is 2. The van der Waals surface area contributed by atoms with Crippen molar-refractivity contribution in [3.63, 3.8) is 0 Å². The number of aromatic nitrogens is 3. The third-order valence-corrected chi connectivity index (χ3v) is 3.25. The first-order chi connectivity index (χ1) is 9.19. The number of nitrogens with zero attached hydrogens (tertiary/aromatic N) is 3. The lowest BCUT2D eigenvalue weighted by Gasteiger charge is -2.06. The molecular formula is C13H8Cl2FN3. The Morgan fingerprint density at radius 1 is 1.21 bits per heavy atom. The van der Waals surface area contributed by atoms with Crippen LogP contribution in [0.5, 0.6) is 0 Å². The van der Waals surface area contributed by atoms with Gasteiger partial charge in [0.15, 0.2) is 0 Å². The van der Waals surface area contributed by atoms with Crippen molar-refractivity contribution < 1.29 is 4.39 Å². The molecule has 3 aromatic rings. The summed E-state index contributed by atoms with van der Waals surface area (Å²) in [5.74, 6) is 0.375. The molecule has 0 saturated carbocycles. The van der Waals surface area contributed by atoms with Crippen molar-refractivity contribution in [3.8, 4) is 5.69 Å². The van der Waals surface area contributed by atoms with Crippen molar-refractivity contribution in [1.82, 2.24) is 14.5 Å². The van der Waals surface area contributed by atoms with Crippen molar-refractivity contribution in [3.05, 3.63) is 53.3 Å². The molecule has 96 valence electrons. The van der Waals surface area contributed by atoms with Crippen molar-refractivity contribution in [2.45, 2.75) is 5.88 Å². The zero-order valence-electron chi connectivity index (χ0n) is 9.65. The summed E-state index contributed by atoms with van der Waals surface area (Å²) in [6.45, 7) is 0. The highest BCUT2D eigenvalue weighted by Gasteiger charge is 2.12. The second-order valence-electron chi connectivity index (χ2n) is 3.97. The second-order valence-corrected chi connectivity index (χ2v) is 4.67. The Hall–Kier alpha value is -1.65. The summed E-state index contributed by atoms with van der Waals surface area (Å²) in [6, 6.07) is 8.32. The van der Waals surface area contributed by atoms with Gasteiger partial charge in [0, 0.05) is 5.02 Å². The van der Waals surface area contributed by atoms with E-state index in [4.69, 9.17) is 23.2 Å². The van der Waals surface area contributed by atoms with Crippen LogP contribution >= 0.6 is 23.2 Å². The lowest BCUT2D eigenvalue weighted by molar-refractivity contribution is 0.583. The summed E-state index contributed by atoms with van der Waals surface area (Å²) < 4.78 is 14.7. The Balaban J connectivity index is 2.29. The van der Waals surface area contributed by atoms with Crippen LogP contribution in [0.1, 0.15) is 5.82 Å². The molecule has 0 aliphatic rings. The number of halogens is 3. The Labute approximate surface area is 118 Å². The summed E-state index contributed by atoms with van der Waals surface area (Å²) in [5.41, 5.74) is 2.31. The maximum Gasteiger partial charge on any atom is 0.212 e. The standard InChI is InChI=1S/C13H8Cl2FN3/c14-6-13-18-10-5-8(15)1-3-11(10)19(13)9-2-4-12(16)17-7-9/h1-5,7H,6H2. The molecule has 0 aliphatic carbocycles. The minimum atomic E-state index is -0.524. The molecule has 0 N–H and O–H groups in total. The summed E-state index contributed by atoms with van der Waals surface area (Å²) in [7, 11) is 0. The van der Waals surface area contributed by atoms with E-state index in [1.54, 1.807) is 18.2 Å². The number of hydrogen-bond donors (Lipinski definition) is 0. The van der Waals surface area contributed by atoms with Gasteiger partial charge < -0.3 is 0 Å². The van der Waals surface area contributed by atoms with Gasteiger partial charge in [-0.05, 0) is 30.3 Å². The molecule has 3 rings (SSSR count). The first-order valence-electron chi connectivity index (χ1n) is 5.54. The summed E-state index contributed by atoms with van der Waals surface area (Å²) in [5, 5.41) is 0.607. The Morgan fingerprint density at radius 2 is 2.05 bits per heavy atom. The maximum atomic E-state index is 12.9. The molecule has 0 fully saturated rings. The van der Waals surface area contributed by atoms with E-state index >= 15 is 0 Å². The first kappa shape index (κ1) is 12.4. The quantitative estimate of drug-likeness (QED) is 0.529. The normalized spacial score (nSPS) is 11.1. The minimum absolute atomic E-state index is 0.240. The molecule has 6 heteroatoms. The van der Waals surface area contributed by atoms with Gasteiger partial charge in [-0.1, -0.05) is 11.6 Å². The van der Waals surface area contributed by atoms with E-state index in [-0.39, 0.29) is 5.88 Å². The largest absolute Gasteiger partial charge is 0.294 e. The van der Waals surface area contributed by atoms with Gasteiger partial charge in [0.25, 0.3) is 0 Å². The van der Waals surface area contributed by atoms with Crippen LogP contribution in [0.25, 0.3) is 16.7 Å². The first-order valence-corrected chi connectivity index (χ1v) is 6.45. The van der Waals surface area contributed by atoms with Gasteiger partial charge in [-0.3, -0.25) is 4.57 Å². The Kier molecular flexibility index (Phi) is 3.12. The van der Waals surface area contributed by atoms with E-state index in [1.165, 1.54) is 12.3 Å². The summed E-state index contributed by atoms with van der Waals surface area (Å²) in [6.07, 6.45) is 1.45. The molecule has 0 radical (unpaired) electrons. The van der Waals surface area contributed by atoms with Crippen LogP contribution in [-0.2, 0) is 5.88 Å². The SMILES string of the molecule is Fc1ccc(-n2c(CCl)nc3cc(Cl)ccc32)cn1. The van der Waals surface area contributed by atoms with E-state index in [0.29, 0.717) is 16.5 Å². The molecule has 0 unspecified atom stereocenters. The van der Waals surface area contributed by atoms with Crippen molar-refractivity contribution >= 4 is 34.2 Å². The van der Waals surface area contributed by atoms with Crippen LogP contribution in [0.2, 0.25) is 5.02 Å². The third kappa shape index (κ3) is 2.17. The molecule has 2 aromatic heterocycles. The van der Waals surface area contributed by atoms with Gasteiger partial charge in [0.2, 0.25) is 5.95 Å². The number of benzene rings is 1. The van der Waals surface area contributed by atoms with Gasteiger partial charge in [-0.25, -0.2) is 9.97 Å². The molecule has 0 spiro atoms. The highest BCUT2D eigenvalue weighted by molar-refractivity contribution is 6.31. The van der Waals surface area contributed by atoms with E-state index in [0.717, 1.165) is 11.0 Å².